The van der Waals surface area contributed by atoms with Crippen LogP contribution in [0.5, 0.6) is 0 Å². The topological polar surface area (TPSA) is 44.2 Å². The highest BCUT2D eigenvalue weighted by atomic mass is 35.5. The Morgan fingerprint density at radius 2 is 2.00 bits per heavy atom. The molecule has 0 saturated heterocycles. The largest absolute Gasteiger partial charge is 0.338 e. The maximum atomic E-state index is 11.8. The van der Waals surface area contributed by atoms with Gasteiger partial charge in [0.2, 0.25) is 5.91 Å². The van der Waals surface area contributed by atoms with Crippen molar-refractivity contribution >= 4 is 40.4 Å². The monoisotopic (exact) mass is 364 g/mol. The van der Waals surface area contributed by atoms with Crippen molar-refractivity contribution in [2.75, 3.05) is 13.1 Å². The molecule has 1 aliphatic heterocycles. The number of nitrogens with one attached hydrogen (secondary N) is 1. The van der Waals surface area contributed by atoms with Crippen molar-refractivity contribution in [3.63, 3.8) is 0 Å². The Bertz CT molecular complexity index is 763. The van der Waals surface area contributed by atoms with Gasteiger partial charge in [0.1, 0.15) is 0 Å². The summed E-state index contributed by atoms with van der Waals surface area (Å²) in [6.07, 6.45) is 4.39. The molecule has 0 spiro atoms. The second-order valence-electron chi connectivity index (χ2n) is 6.08. The Hall–Kier alpha value is -1.58. The summed E-state index contributed by atoms with van der Waals surface area (Å²) in [6, 6.07) is 1.75. The van der Waals surface area contributed by atoms with E-state index in [1.165, 1.54) is 5.57 Å². The Kier molecular flexibility index (Phi) is 5.89. The molecule has 0 aromatic heterocycles. The van der Waals surface area contributed by atoms with Crippen LogP contribution in [0.4, 0.5) is 0 Å². The average Bonchev–Trinajstić information content (AvgIpc) is 2.53. The number of carbonyl (C=O) groups is 1. The third-order valence-corrected chi connectivity index (χ3v) is 5.33. The van der Waals surface area contributed by atoms with Gasteiger partial charge in [-0.2, -0.15) is 0 Å². The van der Waals surface area contributed by atoms with E-state index in [0.717, 1.165) is 35.2 Å². The number of carbonyl (C=O) groups excluding carboxylic acids is 1. The Morgan fingerprint density at radius 1 is 1.33 bits per heavy atom. The van der Waals surface area contributed by atoms with Crippen molar-refractivity contribution in [1.29, 1.82) is 5.41 Å². The number of nitrogens with zero attached hydrogens (tertiary/aromatic N) is 1. The molecule has 0 atom stereocenters. The minimum atomic E-state index is 0.0581. The van der Waals surface area contributed by atoms with Gasteiger partial charge < -0.3 is 10.3 Å². The molecule has 0 saturated carbocycles. The van der Waals surface area contributed by atoms with Crippen LogP contribution in [-0.4, -0.2) is 29.6 Å². The molecule has 0 radical (unpaired) electrons. The van der Waals surface area contributed by atoms with Crippen molar-refractivity contribution in [2.24, 2.45) is 0 Å². The van der Waals surface area contributed by atoms with E-state index in [1.807, 2.05) is 24.8 Å². The van der Waals surface area contributed by atoms with Gasteiger partial charge in [-0.1, -0.05) is 34.9 Å². The summed E-state index contributed by atoms with van der Waals surface area (Å²) < 4.78 is 0. The molecule has 0 unspecified atom stereocenters. The molecule has 1 amide bonds. The highest BCUT2D eigenvalue weighted by molar-refractivity contribution is 6.43. The SMILES string of the molecule is C/C=C\C(=N)c1cc(Cl)c(Cl)c(C)c1C1=C(C)CCN(C(C)=O)C1. The lowest BCUT2D eigenvalue weighted by Crippen LogP contribution is -2.35. The third-order valence-electron chi connectivity index (χ3n) is 4.45. The van der Waals surface area contributed by atoms with Crippen molar-refractivity contribution in [3.8, 4) is 0 Å². The van der Waals surface area contributed by atoms with Crippen molar-refractivity contribution in [2.45, 2.75) is 34.1 Å². The summed E-state index contributed by atoms with van der Waals surface area (Å²) in [5.41, 5.74) is 5.21. The molecular formula is C19H22Cl2N2O. The third kappa shape index (κ3) is 3.57. The predicted octanol–water partition coefficient (Wildman–Crippen LogP) is 5.27. The van der Waals surface area contributed by atoms with Crippen LogP contribution in [0.2, 0.25) is 10.0 Å². The number of hydrogen-bond acceptors (Lipinski definition) is 2. The zero-order chi connectivity index (χ0) is 18.0. The fourth-order valence-corrected chi connectivity index (χ4v) is 3.43. The summed E-state index contributed by atoms with van der Waals surface area (Å²) in [5, 5.41) is 9.31. The van der Waals surface area contributed by atoms with Crippen LogP contribution >= 0.6 is 23.2 Å². The van der Waals surface area contributed by atoms with Crippen LogP contribution < -0.4 is 0 Å². The standard InChI is InChI=1S/C19H22Cl2N2O/c1-5-6-17(22)14-9-16(20)19(21)12(3)18(14)15-10-23(13(4)24)8-7-11(15)2/h5-6,9,22H,7-8,10H2,1-4H3/b6-5-,22-17?. The first-order chi connectivity index (χ1) is 11.3. The molecule has 1 aromatic carbocycles. The highest BCUT2D eigenvalue weighted by Gasteiger charge is 2.25. The van der Waals surface area contributed by atoms with Gasteiger partial charge in [0, 0.05) is 25.6 Å². The predicted molar refractivity (Wildman–Crippen MR) is 102 cm³/mol. The number of rotatable bonds is 3. The van der Waals surface area contributed by atoms with E-state index in [1.54, 1.807) is 19.1 Å². The van der Waals surface area contributed by atoms with Crippen LogP contribution in [0.15, 0.2) is 23.8 Å². The summed E-state index contributed by atoms with van der Waals surface area (Å²) >= 11 is 12.6. The van der Waals surface area contributed by atoms with Gasteiger partial charge in [-0.05, 0) is 56.0 Å². The maximum Gasteiger partial charge on any atom is 0.219 e. The van der Waals surface area contributed by atoms with E-state index in [0.29, 0.717) is 22.3 Å². The summed E-state index contributed by atoms with van der Waals surface area (Å²) in [7, 11) is 0. The first-order valence-corrected chi connectivity index (χ1v) is 8.68. The molecule has 2 rings (SSSR count). The second kappa shape index (κ2) is 7.54. The number of allylic oxidation sites excluding steroid dienone is 2. The summed E-state index contributed by atoms with van der Waals surface area (Å²) in [6.45, 7) is 8.73. The molecular weight excluding hydrogens is 343 g/mol. The molecule has 3 nitrogen and oxygen atoms in total. The normalized spacial score (nSPS) is 15.3. The zero-order valence-electron chi connectivity index (χ0n) is 14.5. The number of hydrogen-bond donors (Lipinski definition) is 1. The van der Waals surface area contributed by atoms with Gasteiger partial charge >= 0.3 is 0 Å². The summed E-state index contributed by atoms with van der Waals surface area (Å²) in [4.78, 5) is 13.6. The minimum absolute atomic E-state index is 0.0581. The quantitative estimate of drug-likeness (QED) is 0.729. The lowest BCUT2D eigenvalue weighted by atomic mass is 9.87. The molecule has 128 valence electrons. The molecule has 0 fully saturated rings. The van der Waals surface area contributed by atoms with Gasteiger partial charge in [-0.25, -0.2) is 0 Å². The lowest BCUT2D eigenvalue weighted by Gasteiger charge is -2.31. The fraction of sp³-hybridized carbons (Fsp3) is 0.368. The summed E-state index contributed by atoms with van der Waals surface area (Å²) in [5.74, 6) is 0.0581. The number of halogens is 2. The Labute approximate surface area is 153 Å². The van der Waals surface area contributed by atoms with Crippen LogP contribution in [-0.2, 0) is 4.79 Å². The van der Waals surface area contributed by atoms with Gasteiger partial charge in [-0.3, -0.25) is 4.79 Å². The smallest absolute Gasteiger partial charge is 0.219 e. The van der Waals surface area contributed by atoms with Gasteiger partial charge in [0.25, 0.3) is 0 Å². The van der Waals surface area contributed by atoms with Gasteiger partial charge in [0.15, 0.2) is 0 Å². The van der Waals surface area contributed by atoms with Crippen LogP contribution in [0, 0.1) is 12.3 Å². The van der Waals surface area contributed by atoms with Crippen LogP contribution in [0.25, 0.3) is 5.57 Å². The minimum Gasteiger partial charge on any atom is -0.338 e. The molecule has 0 bridgehead atoms. The highest BCUT2D eigenvalue weighted by Crippen LogP contribution is 2.38. The van der Waals surface area contributed by atoms with Crippen LogP contribution in [0.3, 0.4) is 0 Å². The van der Waals surface area contributed by atoms with E-state index < -0.39 is 0 Å². The van der Waals surface area contributed by atoms with E-state index in [9.17, 15) is 4.79 Å². The maximum absolute atomic E-state index is 11.8. The zero-order valence-corrected chi connectivity index (χ0v) is 16.0. The second-order valence-corrected chi connectivity index (χ2v) is 6.87. The molecule has 0 aliphatic carbocycles. The molecule has 24 heavy (non-hydrogen) atoms. The van der Waals surface area contributed by atoms with E-state index in [4.69, 9.17) is 28.6 Å². The lowest BCUT2D eigenvalue weighted by molar-refractivity contribution is -0.128. The average molecular weight is 365 g/mol. The first-order valence-electron chi connectivity index (χ1n) is 7.92. The molecule has 1 N–H and O–H groups in total. The molecule has 5 heteroatoms. The van der Waals surface area contributed by atoms with Crippen molar-refractivity contribution in [3.05, 3.63) is 50.5 Å². The van der Waals surface area contributed by atoms with E-state index in [2.05, 4.69) is 6.92 Å². The van der Waals surface area contributed by atoms with Gasteiger partial charge in [-0.15, -0.1) is 0 Å². The fourth-order valence-electron chi connectivity index (χ4n) is 3.03. The number of amides is 1. The Morgan fingerprint density at radius 3 is 2.58 bits per heavy atom. The molecule has 1 aliphatic rings. The number of benzene rings is 1. The van der Waals surface area contributed by atoms with E-state index >= 15 is 0 Å². The van der Waals surface area contributed by atoms with Crippen molar-refractivity contribution in [1.82, 2.24) is 4.90 Å². The first kappa shape index (κ1) is 18.8. The van der Waals surface area contributed by atoms with Gasteiger partial charge in [0.05, 0.1) is 15.8 Å². The molecule has 1 aromatic rings. The van der Waals surface area contributed by atoms with Crippen LogP contribution in [0.1, 0.15) is 43.9 Å². The Balaban J connectivity index is 2.70. The van der Waals surface area contributed by atoms with Crippen molar-refractivity contribution < 1.29 is 4.79 Å². The molecule has 1 heterocycles. The van der Waals surface area contributed by atoms with E-state index in [-0.39, 0.29) is 5.91 Å².